The van der Waals surface area contributed by atoms with E-state index < -0.39 is 12.3 Å². The number of fused-ring (bicyclic) bond motifs is 1. The van der Waals surface area contributed by atoms with Crippen LogP contribution < -0.4 is 10.1 Å². The van der Waals surface area contributed by atoms with Crippen LogP contribution in [0.25, 0.3) is 0 Å². The highest BCUT2D eigenvalue weighted by Crippen LogP contribution is 2.25. The molecule has 3 atom stereocenters. The van der Waals surface area contributed by atoms with Crippen molar-refractivity contribution in [3.05, 3.63) is 65.7 Å². The molecule has 0 spiro atoms. The van der Waals surface area contributed by atoms with E-state index in [2.05, 4.69) is 5.32 Å². The van der Waals surface area contributed by atoms with Gasteiger partial charge in [-0.25, -0.2) is 0 Å². The summed E-state index contributed by atoms with van der Waals surface area (Å²) in [6.45, 7) is 2.16. The zero-order chi connectivity index (χ0) is 15.5. The molecule has 2 aromatic rings. The van der Waals surface area contributed by atoms with Gasteiger partial charge in [0.1, 0.15) is 24.6 Å². The van der Waals surface area contributed by atoms with Crippen LogP contribution in [-0.2, 0) is 0 Å². The fourth-order valence-corrected chi connectivity index (χ4v) is 2.65. The topological polar surface area (TPSA) is 58.6 Å². The summed E-state index contributed by atoms with van der Waals surface area (Å²) in [6.07, 6.45) is -0.815. The molecule has 0 saturated carbocycles. The Bertz CT molecular complexity index is 656. The number of hydrogen-bond acceptors (Lipinski definition) is 4. The number of aliphatic hydroxyl groups excluding tert-OH is 1. The van der Waals surface area contributed by atoms with Gasteiger partial charge in [-0.2, -0.15) is 0 Å². The largest absolute Gasteiger partial charge is 0.491 e. The number of Topliss-reactive ketones (excluding diaryl/α,β-unsaturated/α-hetero) is 1. The highest BCUT2D eigenvalue weighted by molar-refractivity contribution is 6.03. The lowest BCUT2D eigenvalue weighted by molar-refractivity contribution is 0.0645. The number of aliphatic hydroxyl groups is 1. The predicted molar refractivity (Wildman–Crippen MR) is 84.1 cm³/mol. The van der Waals surface area contributed by atoms with Crippen LogP contribution in [-0.4, -0.2) is 29.8 Å². The Labute approximate surface area is 129 Å². The molecule has 3 rings (SSSR count). The Balaban J connectivity index is 1.70. The summed E-state index contributed by atoms with van der Waals surface area (Å²) >= 11 is 0. The molecule has 0 amide bonds. The monoisotopic (exact) mass is 297 g/mol. The minimum absolute atomic E-state index is 0.0406. The summed E-state index contributed by atoms with van der Waals surface area (Å²) in [5.41, 5.74) is 1.58. The molecular weight excluding hydrogens is 278 g/mol. The van der Waals surface area contributed by atoms with E-state index in [-0.39, 0.29) is 18.3 Å². The third kappa shape index (κ3) is 2.89. The Hall–Kier alpha value is -2.17. The van der Waals surface area contributed by atoms with Gasteiger partial charge in [0.05, 0.1) is 5.56 Å². The zero-order valence-corrected chi connectivity index (χ0v) is 12.4. The van der Waals surface area contributed by atoms with Crippen molar-refractivity contribution in [2.75, 3.05) is 6.61 Å². The van der Waals surface area contributed by atoms with Gasteiger partial charge in [-0.15, -0.1) is 0 Å². The first-order chi connectivity index (χ1) is 10.7. The highest BCUT2D eigenvalue weighted by Gasteiger charge is 2.31. The number of carbonyl (C=O) groups is 1. The Morgan fingerprint density at radius 2 is 1.82 bits per heavy atom. The fourth-order valence-electron chi connectivity index (χ4n) is 2.65. The smallest absolute Gasteiger partial charge is 0.187 e. The van der Waals surface area contributed by atoms with Crippen molar-refractivity contribution in [3.63, 3.8) is 0 Å². The summed E-state index contributed by atoms with van der Waals surface area (Å²) in [7, 11) is 0. The summed E-state index contributed by atoms with van der Waals surface area (Å²) in [5.74, 6) is 0.448. The molecule has 0 fully saturated rings. The Morgan fingerprint density at radius 3 is 2.59 bits per heavy atom. The summed E-state index contributed by atoms with van der Waals surface area (Å²) in [6, 6.07) is 16.4. The van der Waals surface area contributed by atoms with Gasteiger partial charge in [0.15, 0.2) is 5.78 Å². The normalized spacial score (nSPS) is 19.9. The van der Waals surface area contributed by atoms with E-state index in [1.807, 2.05) is 49.4 Å². The average Bonchev–Trinajstić information content (AvgIpc) is 2.57. The second kappa shape index (κ2) is 6.30. The first kappa shape index (κ1) is 14.8. The lowest BCUT2D eigenvalue weighted by Gasteiger charge is -2.29. The second-order valence-corrected chi connectivity index (χ2v) is 5.53. The average molecular weight is 297 g/mol. The Morgan fingerprint density at radius 1 is 1.14 bits per heavy atom. The zero-order valence-electron chi connectivity index (χ0n) is 12.4. The Kier molecular flexibility index (Phi) is 4.22. The maximum absolute atomic E-state index is 12.5. The minimum atomic E-state index is -0.815. The molecule has 0 bridgehead atoms. The second-order valence-electron chi connectivity index (χ2n) is 5.53. The molecule has 0 radical (unpaired) electrons. The van der Waals surface area contributed by atoms with Crippen molar-refractivity contribution in [2.45, 2.75) is 25.1 Å². The number of nitrogens with one attached hydrogen (secondary N) is 1. The van der Waals surface area contributed by atoms with Gasteiger partial charge in [-0.05, 0) is 17.7 Å². The number of ketones is 1. The van der Waals surface area contributed by atoms with Gasteiger partial charge in [0.2, 0.25) is 0 Å². The summed E-state index contributed by atoms with van der Waals surface area (Å²) in [4.78, 5) is 12.5. The number of hydrogen-bond donors (Lipinski definition) is 2. The molecule has 0 aromatic heterocycles. The first-order valence-corrected chi connectivity index (χ1v) is 7.42. The molecule has 4 nitrogen and oxygen atoms in total. The number of para-hydroxylation sites is 1. The van der Waals surface area contributed by atoms with Crippen molar-refractivity contribution in [2.24, 2.45) is 0 Å². The molecule has 114 valence electrons. The van der Waals surface area contributed by atoms with Crippen LogP contribution in [0.2, 0.25) is 0 Å². The molecule has 1 aliphatic rings. The van der Waals surface area contributed by atoms with E-state index in [0.717, 1.165) is 5.56 Å². The standard InChI is InChI=1S/C18H19NO3/c1-12(13-7-3-2-4-8-13)18(21)19-15-11-22-16-10-6-5-9-14(16)17(15)20/h2-10,12,15,18-19,21H,11H2,1H3/t12-,15?,18?/m0/s1. The number of ether oxygens (including phenoxy) is 1. The molecule has 0 saturated heterocycles. The third-order valence-electron chi connectivity index (χ3n) is 4.05. The van der Waals surface area contributed by atoms with Gasteiger partial charge < -0.3 is 9.84 Å². The van der Waals surface area contributed by atoms with Crippen LogP contribution in [0, 0.1) is 0 Å². The SMILES string of the molecule is C[C@@H](c1ccccc1)C(O)NC1COc2ccccc2C1=O. The number of rotatable bonds is 4. The fraction of sp³-hybridized carbons (Fsp3) is 0.278. The molecular formula is C18H19NO3. The summed E-state index contributed by atoms with van der Waals surface area (Å²) < 4.78 is 5.60. The van der Waals surface area contributed by atoms with Crippen LogP contribution in [0.5, 0.6) is 5.75 Å². The quantitative estimate of drug-likeness (QED) is 0.851. The van der Waals surface area contributed by atoms with Gasteiger partial charge in [0.25, 0.3) is 0 Å². The molecule has 2 N–H and O–H groups in total. The van der Waals surface area contributed by atoms with Gasteiger partial charge in [0, 0.05) is 5.92 Å². The van der Waals surface area contributed by atoms with Gasteiger partial charge in [-0.1, -0.05) is 49.4 Å². The van der Waals surface area contributed by atoms with E-state index >= 15 is 0 Å². The minimum Gasteiger partial charge on any atom is -0.491 e. The molecule has 22 heavy (non-hydrogen) atoms. The number of carbonyl (C=O) groups excluding carboxylic acids is 1. The van der Waals surface area contributed by atoms with E-state index in [9.17, 15) is 9.90 Å². The van der Waals surface area contributed by atoms with Crippen molar-refractivity contribution in [1.82, 2.24) is 5.32 Å². The molecule has 1 aliphatic heterocycles. The molecule has 0 aliphatic carbocycles. The van der Waals surface area contributed by atoms with Crippen molar-refractivity contribution < 1.29 is 14.6 Å². The van der Waals surface area contributed by atoms with Crippen LogP contribution in [0.15, 0.2) is 54.6 Å². The molecule has 2 unspecified atom stereocenters. The lowest BCUT2D eigenvalue weighted by Crippen LogP contribution is -2.50. The van der Waals surface area contributed by atoms with Crippen molar-refractivity contribution >= 4 is 5.78 Å². The molecule has 2 aromatic carbocycles. The van der Waals surface area contributed by atoms with Crippen LogP contribution in [0.1, 0.15) is 28.8 Å². The van der Waals surface area contributed by atoms with Crippen molar-refractivity contribution in [1.29, 1.82) is 0 Å². The summed E-state index contributed by atoms with van der Waals surface area (Å²) in [5, 5.41) is 13.4. The van der Waals surface area contributed by atoms with Crippen LogP contribution in [0.3, 0.4) is 0 Å². The molecule has 1 heterocycles. The molecule has 4 heteroatoms. The number of benzene rings is 2. The van der Waals surface area contributed by atoms with Crippen molar-refractivity contribution in [3.8, 4) is 5.75 Å². The van der Waals surface area contributed by atoms with E-state index in [4.69, 9.17) is 4.74 Å². The van der Waals surface area contributed by atoms with Gasteiger partial charge >= 0.3 is 0 Å². The first-order valence-electron chi connectivity index (χ1n) is 7.42. The maximum atomic E-state index is 12.5. The third-order valence-corrected chi connectivity index (χ3v) is 4.05. The highest BCUT2D eigenvalue weighted by atomic mass is 16.5. The van der Waals surface area contributed by atoms with Crippen LogP contribution in [0.4, 0.5) is 0 Å². The predicted octanol–water partition coefficient (Wildman–Crippen LogP) is 2.34. The van der Waals surface area contributed by atoms with E-state index in [1.54, 1.807) is 12.1 Å². The van der Waals surface area contributed by atoms with E-state index in [0.29, 0.717) is 11.3 Å². The van der Waals surface area contributed by atoms with Gasteiger partial charge in [-0.3, -0.25) is 10.1 Å². The van der Waals surface area contributed by atoms with E-state index in [1.165, 1.54) is 0 Å². The van der Waals surface area contributed by atoms with Crippen LogP contribution >= 0.6 is 0 Å². The maximum Gasteiger partial charge on any atom is 0.187 e. The lowest BCUT2D eigenvalue weighted by atomic mass is 9.97.